The predicted molar refractivity (Wildman–Crippen MR) is 289 cm³/mol. The van der Waals surface area contributed by atoms with Gasteiger partial charge in [-0.3, -0.25) is 9.79 Å². The molecule has 1 fully saturated rings. The summed E-state index contributed by atoms with van der Waals surface area (Å²) in [6.07, 6.45) is -6.34. The van der Waals surface area contributed by atoms with Crippen LogP contribution in [0.2, 0.25) is 0 Å². The van der Waals surface area contributed by atoms with Gasteiger partial charge in [0.2, 0.25) is 0 Å². The molecule has 0 aromatic rings. The Morgan fingerprint density at radius 2 is 1.24 bits per heavy atom. The Morgan fingerprint density at radius 1 is 0.645 bits per heavy atom. The van der Waals surface area contributed by atoms with Gasteiger partial charge in [0, 0.05) is 24.8 Å². The number of esters is 1. The highest BCUT2D eigenvalue weighted by Crippen LogP contribution is 2.31. The molecule has 0 aliphatic carbocycles. The number of unbranched alkanes of at least 4 members (excludes halogenated alkanes) is 2. The first-order valence-electron chi connectivity index (χ1n) is 28.6. The minimum Gasteiger partial charge on any atom is -0.462 e. The fourth-order valence-electron chi connectivity index (χ4n) is 10.5. The predicted octanol–water partition coefficient (Wildman–Crippen LogP) is 2.64. The molecule has 0 bridgehead atoms. The van der Waals surface area contributed by atoms with Crippen LogP contribution in [0.5, 0.6) is 0 Å². The zero-order chi connectivity index (χ0) is 57.1. The number of aliphatic imine (C=N–C) groups is 1. The molecule has 0 aromatic carbocycles. The van der Waals surface area contributed by atoms with E-state index in [0.29, 0.717) is 108 Å². The van der Waals surface area contributed by atoms with Crippen LogP contribution in [0.1, 0.15) is 183 Å². The topological polar surface area (TPSA) is 372 Å². The maximum atomic E-state index is 14.2. The van der Waals surface area contributed by atoms with E-state index in [1.54, 1.807) is 6.92 Å². The molecular weight excluding hydrogens is 987 g/mol. The lowest BCUT2D eigenvalue weighted by Gasteiger charge is -2.33. The number of hydrogen-bond acceptors (Lipinski definition) is 18. The summed E-state index contributed by atoms with van der Waals surface area (Å²) in [5.74, 6) is -2.62. The molecule has 2 aliphatic rings. The van der Waals surface area contributed by atoms with Crippen molar-refractivity contribution >= 4 is 11.9 Å². The van der Waals surface area contributed by atoms with E-state index in [1.807, 2.05) is 33.8 Å². The fourth-order valence-corrected chi connectivity index (χ4v) is 10.5. The molecule has 2 aliphatic heterocycles. The molecule has 0 amide bonds. The number of allylic oxidation sites excluding steroid dienone is 1. The second-order valence-corrected chi connectivity index (χ2v) is 22.6. The fraction of sp³-hybridized carbons (Fsp3) is 0.893. The number of ether oxygens (including phenoxy) is 3. The molecular formula is C56H105N3O17. The van der Waals surface area contributed by atoms with Gasteiger partial charge in [-0.05, 0) is 134 Å². The van der Waals surface area contributed by atoms with Gasteiger partial charge in [0.05, 0.1) is 73.6 Å². The van der Waals surface area contributed by atoms with Crippen LogP contribution in [-0.4, -0.2) is 189 Å². The number of aliphatic hydroxyl groups is 13. The lowest BCUT2D eigenvalue weighted by Crippen LogP contribution is -2.41. The van der Waals surface area contributed by atoms with Crippen molar-refractivity contribution in [3.8, 4) is 0 Å². The van der Waals surface area contributed by atoms with E-state index < -0.39 is 122 Å². The quantitative estimate of drug-likeness (QED) is 0.0465. The SMILES string of the molecule is CCCCCC1C(=O)OC(CCCN=C(N)N)C(C)C(O)C(C)C=C(C)CCCCC(O)CC(O)CC(O)CC(O)CC(O)C(OC2O[C@H](CO)[C@@H](O)[C@@H]2O)C=C(C)C(O)CCCC(O)CCCC(O)CCC(C)C1O. The van der Waals surface area contributed by atoms with Crippen LogP contribution in [-0.2, 0) is 19.0 Å². The summed E-state index contributed by atoms with van der Waals surface area (Å²) in [5, 5.41) is 142. The van der Waals surface area contributed by atoms with Crippen molar-refractivity contribution in [2.75, 3.05) is 13.2 Å². The second kappa shape index (κ2) is 37.5. The maximum absolute atomic E-state index is 14.2. The highest BCUT2D eigenvalue weighted by molar-refractivity contribution is 5.75. The van der Waals surface area contributed by atoms with E-state index in [2.05, 4.69) is 11.9 Å². The van der Waals surface area contributed by atoms with Gasteiger partial charge in [-0.2, -0.15) is 0 Å². The number of rotatable bonds is 11. The van der Waals surface area contributed by atoms with Crippen LogP contribution in [0.25, 0.3) is 0 Å². The van der Waals surface area contributed by atoms with Crippen LogP contribution in [0.15, 0.2) is 28.3 Å². The third kappa shape index (κ3) is 26.7. The highest BCUT2D eigenvalue weighted by Gasteiger charge is 2.45. The van der Waals surface area contributed by atoms with Crippen molar-refractivity contribution in [2.24, 2.45) is 40.1 Å². The molecule has 0 aromatic heterocycles. The van der Waals surface area contributed by atoms with Crippen LogP contribution >= 0.6 is 0 Å². The molecule has 0 saturated carbocycles. The summed E-state index contributed by atoms with van der Waals surface area (Å²) in [6.45, 7) is 10.9. The minimum absolute atomic E-state index is 0.0172. The van der Waals surface area contributed by atoms with Crippen molar-refractivity contribution in [2.45, 2.75) is 281 Å². The molecule has 446 valence electrons. The third-order valence-electron chi connectivity index (χ3n) is 15.5. The van der Waals surface area contributed by atoms with Crippen LogP contribution < -0.4 is 11.5 Å². The summed E-state index contributed by atoms with van der Waals surface area (Å²) in [6, 6.07) is 0. The van der Waals surface area contributed by atoms with Gasteiger partial charge in [0.1, 0.15) is 30.5 Å². The van der Waals surface area contributed by atoms with E-state index >= 15 is 0 Å². The van der Waals surface area contributed by atoms with Gasteiger partial charge >= 0.3 is 5.97 Å². The van der Waals surface area contributed by atoms with Crippen LogP contribution in [0.3, 0.4) is 0 Å². The number of aliphatic hydroxyl groups excluding tert-OH is 13. The Morgan fingerprint density at radius 3 is 1.84 bits per heavy atom. The average molecular weight is 1090 g/mol. The van der Waals surface area contributed by atoms with Crippen molar-refractivity contribution in [3.05, 3.63) is 23.3 Å². The van der Waals surface area contributed by atoms with Crippen molar-refractivity contribution in [3.63, 3.8) is 0 Å². The molecule has 76 heavy (non-hydrogen) atoms. The van der Waals surface area contributed by atoms with Crippen molar-refractivity contribution < 1.29 is 85.4 Å². The Hall–Kier alpha value is -2.38. The van der Waals surface area contributed by atoms with Crippen LogP contribution in [0.4, 0.5) is 0 Å². The number of guanidine groups is 1. The number of cyclic esters (lactones) is 1. The summed E-state index contributed by atoms with van der Waals surface area (Å²) in [7, 11) is 0. The van der Waals surface area contributed by atoms with E-state index in [-0.39, 0.29) is 49.9 Å². The molecule has 2 rings (SSSR count). The normalized spacial score (nSPS) is 38.4. The smallest absolute Gasteiger partial charge is 0.311 e. The minimum atomic E-state index is -1.59. The largest absolute Gasteiger partial charge is 0.462 e. The molecule has 17 unspecified atom stereocenters. The van der Waals surface area contributed by atoms with E-state index in [4.69, 9.17) is 25.7 Å². The van der Waals surface area contributed by atoms with Crippen molar-refractivity contribution in [1.82, 2.24) is 0 Å². The summed E-state index contributed by atoms with van der Waals surface area (Å²) in [4.78, 5) is 18.3. The Kier molecular flexibility index (Phi) is 34.4. The molecule has 0 radical (unpaired) electrons. The van der Waals surface area contributed by atoms with Crippen LogP contribution in [0, 0.1) is 23.7 Å². The summed E-state index contributed by atoms with van der Waals surface area (Å²) >= 11 is 0. The molecule has 20 heteroatoms. The second-order valence-electron chi connectivity index (χ2n) is 22.6. The standard InChI is InChI=1S/C56H105N3O17/c1-7-8-9-20-44-51(70)34(3)23-24-39(62)18-12-17-38(61)19-13-21-45(67)35(4)27-48(75-55-53(72)52(71)49(32-60)76-55)46(68)31-43(66)30-42(65)29-41(64)28-40(63)16-11-10-15-33(2)26-36(5)50(69)37(6)47(74-54(44)73)22-14-25-59-56(57)58/h26-27,34,36-53,55,60-72H,7-25,28-32H2,1-6H3,(H4,57,58,59)/t34?,36?,37?,38?,39?,40?,41?,42?,43?,44?,45?,46?,47?,48?,49-,50?,51?,52-,53+,55?/m1/s1. The lowest BCUT2D eigenvalue weighted by molar-refractivity contribution is -0.202. The maximum Gasteiger partial charge on any atom is 0.311 e. The summed E-state index contributed by atoms with van der Waals surface area (Å²) in [5.41, 5.74) is 12.5. The number of nitrogens with zero attached hydrogens (tertiary/aromatic N) is 1. The van der Waals surface area contributed by atoms with Crippen molar-refractivity contribution in [1.29, 1.82) is 0 Å². The number of carbonyl (C=O) groups excluding carboxylic acids is 1. The first-order chi connectivity index (χ1) is 35.9. The van der Waals surface area contributed by atoms with Gasteiger partial charge in [-0.1, -0.05) is 71.1 Å². The molecule has 20 atom stereocenters. The summed E-state index contributed by atoms with van der Waals surface area (Å²) < 4.78 is 17.6. The first-order valence-corrected chi connectivity index (χ1v) is 28.6. The highest BCUT2D eigenvalue weighted by atomic mass is 16.7. The Bertz CT molecular complexity index is 1660. The van der Waals surface area contributed by atoms with Gasteiger partial charge in [0.15, 0.2) is 12.2 Å². The van der Waals surface area contributed by atoms with Gasteiger partial charge in [-0.15, -0.1) is 0 Å². The third-order valence-corrected chi connectivity index (χ3v) is 15.5. The zero-order valence-electron chi connectivity index (χ0n) is 46.7. The molecule has 2 heterocycles. The van der Waals surface area contributed by atoms with Gasteiger partial charge < -0.3 is 92.1 Å². The monoisotopic (exact) mass is 1090 g/mol. The van der Waals surface area contributed by atoms with E-state index in [9.17, 15) is 71.2 Å². The number of carbonyl (C=O) groups is 1. The molecule has 17 N–H and O–H groups in total. The zero-order valence-corrected chi connectivity index (χ0v) is 46.7. The van der Waals surface area contributed by atoms with E-state index in [1.165, 1.54) is 6.08 Å². The lowest BCUT2D eigenvalue weighted by atomic mass is 9.84. The molecule has 0 spiro atoms. The Balaban J connectivity index is 2.33. The first kappa shape index (κ1) is 69.7. The van der Waals surface area contributed by atoms with Gasteiger partial charge in [0.25, 0.3) is 0 Å². The molecule has 1 saturated heterocycles. The van der Waals surface area contributed by atoms with E-state index in [0.717, 1.165) is 18.4 Å². The number of hydrogen-bond donors (Lipinski definition) is 15. The van der Waals surface area contributed by atoms with Gasteiger partial charge in [-0.25, -0.2) is 0 Å². The molecule has 20 nitrogen and oxygen atoms in total. The average Bonchev–Trinajstić information content (AvgIpc) is 3.62. The Labute approximate surface area is 453 Å². The number of nitrogens with two attached hydrogens (primary N) is 2.